The maximum absolute atomic E-state index is 12.5. The van der Waals surface area contributed by atoms with Gasteiger partial charge in [0.2, 0.25) is 0 Å². The molecule has 0 aromatic rings. The van der Waals surface area contributed by atoms with Crippen molar-refractivity contribution in [3.05, 3.63) is 35.5 Å². The zero-order valence-corrected chi connectivity index (χ0v) is 22.7. The van der Waals surface area contributed by atoms with Crippen molar-refractivity contribution in [3.8, 4) is 0 Å². The topological polar surface area (TPSA) is 57.5 Å². The van der Waals surface area contributed by atoms with E-state index in [0.29, 0.717) is 18.3 Å². The van der Waals surface area contributed by atoms with Gasteiger partial charge >= 0.3 is 5.97 Å². The lowest BCUT2D eigenvalue weighted by Gasteiger charge is -2.61. The molecular formula is C31H48O3. The van der Waals surface area contributed by atoms with Gasteiger partial charge in [0, 0.05) is 0 Å². The SMILES string of the molecule is C=C(CC[C@@H](C(=O)O)[C@H]1CC[C@@]2(C)C3=CC[C@H]4C(C)(C)[C@H](O)CC[C@]4(C)C3=CC[C@]12C)C(C)C. The Hall–Kier alpha value is -1.35. The van der Waals surface area contributed by atoms with Crippen molar-refractivity contribution >= 4 is 5.97 Å². The average molecular weight is 469 g/mol. The third-order valence-electron chi connectivity index (χ3n) is 11.7. The molecule has 0 heterocycles. The summed E-state index contributed by atoms with van der Waals surface area (Å²) in [4.78, 5) is 12.5. The molecule has 4 rings (SSSR count). The van der Waals surface area contributed by atoms with Crippen molar-refractivity contribution in [2.75, 3.05) is 0 Å². The number of aliphatic carboxylic acids is 1. The lowest BCUT2D eigenvalue weighted by molar-refractivity contribution is -0.146. The molecule has 0 bridgehead atoms. The Kier molecular flexibility index (Phi) is 6.32. The first-order valence-corrected chi connectivity index (χ1v) is 13.7. The predicted octanol–water partition coefficient (Wildman–Crippen LogP) is 7.57. The van der Waals surface area contributed by atoms with Gasteiger partial charge in [-0.3, -0.25) is 4.79 Å². The zero-order valence-electron chi connectivity index (χ0n) is 22.7. The fourth-order valence-corrected chi connectivity index (χ4v) is 8.80. The standard InChI is InChI=1S/C31H48O3/c1-19(2)20(3)9-10-21(27(33)34)22-13-17-31(8)24-11-12-25-28(4,5)26(32)15-16-29(25,6)23(24)14-18-30(22,31)7/h11,14,19,21-22,25-26,32H,3,9-10,12-13,15-18H2,1-2,4-8H3,(H,33,34)/t21-,22-,25+,26-,29-,30-,31+/m1/s1. The van der Waals surface area contributed by atoms with Gasteiger partial charge in [-0.15, -0.1) is 0 Å². The largest absolute Gasteiger partial charge is 0.481 e. The summed E-state index contributed by atoms with van der Waals surface area (Å²) < 4.78 is 0. The van der Waals surface area contributed by atoms with Crippen LogP contribution in [0.25, 0.3) is 0 Å². The van der Waals surface area contributed by atoms with Crippen LogP contribution in [0.3, 0.4) is 0 Å². The summed E-state index contributed by atoms with van der Waals surface area (Å²) in [6.07, 6.45) is 12.2. The van der Waals surface area contributed by atoms with E-state index in [1.165, 1.54) is 16.7 Å². The highest BCUT2D eigenvalue weighted by Crippen LogP contribution is 2.71. The van der Waals surface area contributed by atoms with Crippen molar-refractivity contribution in [1.29, 1.82) is 0 Å². The normalized spacial score (nSPS) is 41.6. The van der Waals surface area contributed by atoms with E-state index in [2.05, 4.69) is 67.2 Å². The highest BCUT2D eigenvalue weighted by molar-refractivity contribution is 5.71. The van der Waals surface area contributed by atoms with Crippen LogP contribution in [0, 0.1) is 45.3 Å². The summed E-state index contributed by atoms with van der Waals surface area (Å²) in [5.74, 6) is 0.0861. The van der Waals surface area contributed by atoms with E-state index in [0.717, 1.165) is 44.9 Å². The van der Waals surface area contributed by atoms with Crippen LogP contribution in [0.15, 0.2) is 35.5 Å². The monoisotopic (exact) mass is 468 g/mol. The minimum absolute atomic E-state index is 0.0126. The first kappa shape index (κ1) is 25.7. The molecule has 0 aromatic heterocycles. The number of rotatable bonds is 6. The van der Waals surface area contributed by atoms with Gasteiger partial charge in [-0.1, -0.05) is 72.8 Å². The third-order valence-corrected chi connectivity index (χ3v) is 11.7. The molecule has 3 nitrogen and oxygen atoms in total. The quantitative estimate of drug-likeness (QED) is 0.395. The summed E-state index contributed by atoms with van der Waals surface area (Å²) in [6, 6.07) is 0. The fourth-order valence-electron chi connectivity index (χ4n) is 8.80. The number of allylic oxidation sites excluding steroid dienone is 5. The first-order chi connectivity index (χ1) is 15.7. The van der Waals surface area contributed by atoms with E-state index >= 15 is 0 Å². The summed E-state index contributed by atoms with van der Waals surface area (Å²) in [7, 11) is 0. The van der Waals surface area contributed by atoms with Crippen molar-refractivity contribution in [3.63, 3.8) is 0 Å². The number of fused-ring (bicyclic) bond motifs is 5. The molecule has 34 heavy (non-hydrogen) atoms. The van der Waals surface area contributed by atoms with E-state index in [-0.39, 0.29) is 39.6 Å². The molecule has 0 radical (unpaired) electrons. The maximum Gasteiger partial charge on any atom is 0.306 e. The van der Waals surface area contributed by atoms with Crippen molar-refractivity contribution < 1.29 is 15.0 Å². The van der Waals surface area contributed by atoms with Gasteiger partial charge in [0.05, 0.1) is 12.0 Å². The van der Waals surface area contributed by atoms with Crippen LogP contribution in [0.4, 0.5) is 0 Å². The lowest BCUT2D eigenvalue weighted by Crippen LogP contribution is -2.54. The number of hydrogen-bond donors (Lipinski definition) is 2. The second kappa shape index (κ2) is 8.36. The van der Waals surface area contributed by atoms with Crippen molar-refractivity contribution in [2.45, 2.75) is 106 Å². The van der Waals surface area contributed by atoms with Crippen molar-refractivity contribution in [2.24, 2.45) is 45.3 Å². The minimum Gasteiger partial charge on any atom is -0.481 e. The van der Waals surface area contributed by atoms with Crippen LogP contribution in [-0.4, -0.2) is 22.3 Å². The summed E-state index contributed by atoms with van der Waals surface area (Å²) >= 11 is 0. The molecule has 4 aliphatic rings. The summed E-state index contributed by atoms with van der Waals surface area (Å²) in [6.45, 7) is 20.3. The summed E-state index contributed by atoms with van der Waals surface area (Å²) in [5.41, 5.74) is 4.16. The third kappa shape index (κ3) is 3.51. The van der Waals surface area contributed by atoms with Gasteiger partial charge in [0.25, 0.3) is 0 Å². The molecule has 7 atom stereocenters. The van der Waals surface area contributed by atoms with Gasteiger partial charge in [0.1, 0.15) is 0 Å². The van der Waals surface area contributed by atoms with Crippen LogP contribution >= 0.6 is 0 Å². The van der Waals surface area contributed by atoms with Gasteiger partial charge < -0.3 is 10.2 Å². The molecule has 0 amide bonds. The highest BCUT2D eigenvalue weighted by atomic mass is 16.4. The van der Waals surface area contributed by atoms with Gasteiger partial charge in [-0.25, -0.2) is 0 Å². The number of carbonyl (C=O) groups is 1. The Morgan fingerprint density at radius 2 is 1.76 bits per heavy atom. The Morgan fingerprint density at radius 1 is 1.09 bits per heavy atom. The van der Waals surface area contributed by atoms with Gasteiger partial charge in [-0.05, 0) is 102 Å². The average Bonchev–Trinajstić information content (AvgIpc) is 3.02. The molecule has 0 saturated heterocycles. The molecule has 2 saturated carbocycles. The Labute approximate surface area is 207 Å². The maximum atomic E-state index is 12.5. The second-order valence-corrected chi connectivity index (χ2v) is 13.7. The smallest absolute Gasteiger partial charge is 0.306 e. The van der Waals surface area contributed by atoms with Crippen LogP contribution in [0.5, 0.6) is 0 Å². The molecule has 3 heteroatoms. The number of carboxylic acids is 1. The van der Waals surface area contributed by atoms with Gasteiger partial charge in [0.15, 0.2) is 0 Å². The molecule has 2 fully saturated rings. The lowest BCUT2D eigenvalue weighted by atomic mass is 9.44. The second-order valence-electron chi connectivity index (χ2n) is 13.7. The Morgan fingerprint density at radius 3 is 2.38 bits per heavy atom. The zero-order chi connectivity index (χ0) is 25.3. The summed E-state index contributed by atoms with van der Waals surface area (Å²) in [5, 5.41) is 21.1. The van der Waals surface area contributed by atoms with E-state index in [1.807, 2.05) is 0 Å². The number of aliphatic hydroxyl groups is 1. The number of carboxylic acid groups (broad SMARTS) is 1. The molecular weight excluding hydrogens is 420 g/mol. The van der Waals surface area contributed by atoms with Crippen LogP contribution in [-0.2, 0) is 4.79 Å². The van der Waals surface area contributed by atoms with Gasteiger partial charge in [-0.2, -0.15) is 0 Å². The highest BCUT2D eigenvalue weighted by Gasteiger charge is 2.63. The Bertz CT molecular complexity index is 923. The minimum atomic E-state index is -0.630. The Balaban J connectivity index is 1.68. The van der Waals surface area contributed by atoms with Crippen LogP contribution in [0.2, 0.25) is 0 Å². The van der Waals surface area contributed by atoms with E-state index in [1.54, 1.807) is 0 Å². The van der Waals surface area contributed by atoms with E-state index in [4.69, 9.17) is 0 Å². The van der Waals surface area contributed by atoms with Crippen molar-refractivity contribution in [1.82, 2.24) is 0 Å². The molecule has 0 aromatic carbocycles. The molecule has 2 N–H and O–H groups in total. The molecule has 0 unspecified atom stereocenters. The number of hydrogen-bond acceptors (Lipinski definition) is 2. The predicted molar refractivity (Wildman–Crippen MR) is 139 cm³/mol. The fraction of sp³-hybridized carbons (Fsp3) is 0.774. The van der Waals surface area contributed by atoms with E-state index in [9.17, 15) is 15.0 Å². The van der Waals surface area contributed by atoms with Crippen LogP contribution in [0.1, 0.15) is 99.8 Å². The number of aliphatic hydroxyl groups excluding tert-OH is 1. The molecule has 0 aliphatic heterocycles. The van der Waals surface area contributed by atoms with Crippen LogP contribution < -0.4 is 0 Å². The molecule has 190 valence electrons. The first-order valence-electron chi connectivity index (χ1n) is 13.7. The van der Waals surface area contributed by atoms with E-state index < -0.39 is 5.97 Å². The molecule has 4 aliphatic carbocycles. The molecule has 0 spiro atoms.